The maximum absolute atomic E-state index is 12.7. The number of para-hydroxylation sites is 1. The molecule has 1 atom stereocenters. The lowest BCUT2D eigenvalue weighted by Gasteiger charge is -2.29. The van der Waals surface area contributed by atoms with Gasteiger partial charge in [-0.15, -0.1) is 0 Å². The van der Waals surface area contributed by atoms with Crippen LogP contribution in [0.4, 0.5) is 0 Å². The Hall–Kier alpha value is -2.43. The lowest BCUT2D eigenvalue weighted by molar-refractivity contribution is -0.132. The highest BCUT2D eigenvalue weighted by molar-refractivity contribution is 5.77. The molecule has 3 heterocycles. The molecule has 2 aliphatic heterocycles. The van der Waals surface area contributed by atoms with E-state index in [9.17, 15) is 4.79 Å². The van der Waals surface area contributed by atoms with Crippen LogP contribution >= 0.6 is 0 Å². The van der Waals surface area contributed by atoms with Gasteiger partial charge in [0.15, 0.2) is 11.5 Å². The third kappa shape index (κ3) is 2.86. The van der Waals surface area contributed by atoms with Crippen LogP contribution in [0, 0.1) is 0 Å². The summed E-state index contributed by atoms with van der Waals surface area (Å²) in [6.07, 6.45) is 4.73. The number of hydrogen-bond donors (Lipinski definition) is 0. The number of fused-ring (bicyclic) bond motifs is 1. The van der Waals surface area contributed by atoms with Crippen molar-refractivity contribution in [3.05, 3.63) is 47.9 Å². The number of likely N-dealkylation sites (tertiary alicyclic amines) is 1. The van der Waals surface area contributed by atoms with E-state index in [1.54, 1.807) is 6.26 Å². The van der Waals surface area contributed by atoms with Gasteiger partial charge >= 0.3 is 0 Å². The molecule has 0 unspecified atom stereocenters. The van der Waals surface area contributed by atoms with Crippen LogP contribution in [0.25, 0.3) is 0 Å². The van der Waals surface area contributed by atoms with Crippen molar-refractivity contribution in [3.8, 4) is 11.5 Å². The molecule has 0 N–H and O–H groups in total. The first kappa shape index (κ1) is 15.1. The SMILES string of the molecule is O=C(CCc1ccco1)N1CCC[C@@H]1c1cccc2c1OCCO2. The van der Waals surface area contributed by atoms with Gasteiger partial charge in [0.1, 0.15) is 19.0 Å². The first-order chi connectivity index (χ1) is 11.8. The van der Waals surface area contributed by atoms with Crippen LogP contribution < -0.4 is 9.47 Å². The fourth-order valence-electron chi connectivity index (χ4n) is 3.58. The van der Waals surface area contributed by atoms with Crippen molar-refractivity contribution in [3.63, 3.8) is 0 Å². The van der Waals surface area contributed by atoms with Crippen molar-refractivity contribution >= 4 is 5.91 Å². The first-order valence-corrected chi connectivity index (χ1v) is 8.53. The second-order valence-corrected chi connectivity index (χ2v) is 6.20. The number of benzene rings is 1. The Morgan fingerprint density at radius 2 is 2.08 bits per heavy atom. The summed E-state index contributed by atoms with van der Waals surface area (Å²) in [7, 11) is 0. The number of ether oxygens (including phenoxy) is 2. The Bertz CT molecular complexity index is 710. The molecule has 0 aliphatic carbocycles. The molecule has 2 aliphatic rings. The number of carbonyl (C=O) groups excluding carboxylic acids is 1. The highest BCUT2D eigenvalue weighted by Crippen LogP contribution is 2.42. The van der Waals surface area contributed by atoms with E-state index in [0.717, 1.165) is 42.2 Å². The topological polar surface area (TPSA) is 51.9 Å². The lowest BCUT2D eigenvalue weighted by atomic mass is 10.0. The van der Waals surface area contributed by atoms with Crippen LogP contribution in [0.15, 0.2) is 41.0 Å². The predicted molar refractivity (Wildman–Crippen MR) is 88.1 cm³/mol. The fraction of sp³-hybridized carbons (Fsp3) is 0.421. The van der Waals surface area contributed by atoms with E-state index in [2.05, 4.69) is 6.07 Å². The Morgan fingerprint density at radius 3 is 2.96 bits per heavy atom. The molecule has 5 heteroatoms. The van der Waals surface area contributed by atoms with E-state index in [4.69, 9.17) is 13.9 Å². The average molecular weight is 327 g/mol. The van der Waals surface area contributed by atoms with Crippen LogP contribution in [0.1, 0.15) is 36.6 Å². The van der Waals surface area contributed by atoms with Gasteiger partial charge in [-0.05, 0) is 31.0 Å². The number of nitrogens with zero attached hydrogens (tertiary/aromatic N) is 1. The zero-order valence-corrected chi connectivity index (χ0v) is 13.6. The van der Waals surface area contributed by atoms with E-state index < -0.39 is 0 Å². The monoisotopic (exact) mass is 327 g/mol. The first-order valence-electron chi connectivity index (χ1n) is 8.53. The molecule has 1 amide bonds. The highest BCUT2D eigenvalue weighted by Gasteiger charge is 2.33. The minimum Gasteiger partial charge on any atom is -0.486 e. The molecule has 4 rings (SSSR count). The molecule has 5 nitrogen and oxygen atoms in total. The van der Waals surface area contributed by atoms with Crippen molar-refractivity contribution < 1.29 is 18.7 Å². The van der Waals surface area contributed by atoms with Crippen molar-refractivity contribution in [2.75, 3.05) is 19.8 Å². The number of furan rings is 1. The number of carbonyl (C=O) groups is 1. The van der Waals surface area contributed by atoms with Crippen molar-refractivity contribution in [2.24, 2.45) is 0 Å². The molecular formula is C19H21NO4. The number of amides is 1. The fourth-order valence-corrected chi connectivity index (χ4v) is 3.58. The summed E-state index contributed by atoms with van der Waals surface area (Å²) in [6.45, 7) is 1.93. The molecule has 0 radical (unpaired) electrons. The minimum atomic E-state index is 0.0748. The lowest BCUT2D eigenvalue weighted by Crippen LogP contribution is -2.31. The van der Waals surface area contributed by atoms with E-state index in [-0.39, 0.29) is 11.9 Å². The van der Waals surface area contributed by atoms with Gasteiger partial charge in [0.2, 0.25) is 5.91 Å². The minimum absolute atomic E-state index is 0.0748. The van der Waals surface area contributed by atoms with Gasteiger partial charge in [0, 0.05) is 24.9 Å². The van der Waals surface area contributed by atoms with Crippen LogP contribution in [0.3, 0.4) is 0 Å². The van der Waals surface area contributed by atoms with Crippen molar-refractivity contribution in [2.45, 2.75) is 31.7 Å². The molecule has 1 aromatic heterocycles. The number of rotatable bonds is 4. The average Bonchev–Trinajstić information content (AvgIpc) is 3.31. The molecule has 1 aromatic carbocycles. The Kier molecular flexibility index (Phi) is 4.15. The van der Waals surface area contributed by atoms with Gasteiger partial charge in [-0.25, -0.2) is 0 Å². The number of hydrogen-bond acceptors (Lipinski definition) is 4. The normalized spacial score (nSPS) is 19.5. The van der Waals surface area contributed by atoms with Crippen molar-refractivity contribution in [1.82, 2.24) is 4.90 Å². The molecule has 24 heavy (non-hydrogen) atoms. The molecular weight excluding hydrogens is 306 g/mol. The Morgan fingerprint density at radius 1 is 1.17 bits per heavy atom. The smallest absolute Gasteiger partial charge is 0.223 e. The summed E-state index contributed by atoms with van der Waals surface area (Å²) in [5.41, 5.74) is 1.07. The zero-order chi connectivity index (χ0) is 16.4. The Balaban J connectivity index is 1.51. The zero-order valence-electron chi connectivity index (χ0n) is 13.6. The third-order valence-corrected chi connectivity index (χ3v) is 4.69. The summed E-state index contributed by atoms with van der Waals surface area (Å²) in [5.74, 6) is 2.62. The van der Waals surface area contributed by atoms with E-state index in [0.29, 0.717) is 26.1 Å². The summed E-state index contributed by atoms with van der Waals surface area (Å²) >= 11 is 0. The van der Waals surface area contributed by atoms with Crippen molar-refractivity contribution in [1.29, 1.82) is 0 Å². The maximum atomic E-state index is 12.7. The van der Waals surface area contributed by atoms with Crippen LogP contribution in [-0.2, 0) is 11.2 Å². The van der Waals surface area contributed by atoms with Gasteiger partial charge < -0.3 is 18.8 Å². The molecule has 1 fully saturated rings. The maximum Gasteiger partial charge on any atom is 0.223 e. The van der Waals surface area contributed by atoms with Gasteiger partial charge in [0.25, 0.3) is 0 Å². The molecule has 0 bridgehead atoms. The van der Waals surface area contributed by atoms with Gasteiger partial charge in [0.05, 0.1) is 12.3 Å². The van der Waals surface area contributed by atoms with Crippen LogP contribution in [0.5, 0.6) is 11.5 Å². The second-order valence-electron chi connectivity index (χ2n) is 6.20. The van der Waals surface area contributed by atoms with E-state index in [1.807, 2.05) is 29.2 Å². The predicted octanol–water partition coefficient (Wildman–Crippen LogP) is 3.35. The second kappa shape index (κ2) is 6.59. The summed E-state index contributed by atoms with van der Waals surface area (Å²) in [6, 6.07) is 9.80. The molecule has 0 saturated carbocycles. The molecule has 2 aromatic rings. The summed E-state index contributed by atoms with van der Waals surface area (Å²) in [5, 5.41) is 0. The summed E-state index contributed by atoms with van der Waals surface area (Å²) < 4.78 is 16.8. The van der Waals surface area contributed by atoms with E-state index in [1.165, 1.54) is 0 Å². The standard InChI is InChI=1S/C19H21NO4/c21-18(9-8-14-4-3-11-22-14)20-10-2-6-16(20)15-5-1-7-17-19(15)24-13-12-23-17/h1,3-5,7,11,16H,2,6,8-10,12-13H2/t16-/m1/s1. The van der Waals surface area contributed by atoms with Gasteiger partial charge in [-0.3, -0.25) is 4.79 Å². The summed E-state index contributed by atoms with van der Waals surface area (Å²) in [4.78, 5) is 14.7. The van der Waals surface area contributed by atoms with E-state index >= 15 is 0 Å². The van der Waals surface area contributed by atoms with Gasteiger partial charge in [-0.2, -0.15) is 0 Å². The Labute approximate surface area is 141 Å². The molecule has 0 spiro atoms. The van der Waals surface area contributed by atoms with Gasteiger partial charge in [-0.1, -0.05) is 12.1 Å². The highest BCUT2D eigenvalue weighted by atomic mass is 16.6. The quantitative estimate of drug-likeness (QED) is 0.864. The third-order valence-electron chi connectivity index (χ3n) is 4.69. The number of aryl methyl sites for hydroxylation is 1. The largest absolute Gasteiger partial charge is 0.486 e. The molecule has 126 valence electrons. The molecule has 1 saturated heterocycles. The van der Waals surface area contributed by atoms with Crippen LogP contribution in [-0.4, -0.2) is 30.6 Å². The van der Waals surface area contributed by atoms with Crippen LogP contribution in [0.2, 0.25) is 0 Å².